The predicted molar refractivity (Wildman–Crippen MR) is 109 cm³/mol. The van der Waals surface area contributed by atoms with Gasteiger partial charge in [0.1, 0.15) is 23.2 Å². The molecule has 0 radical (unpaired) electrons. The molecular formula is C23H20FN3O2. The standard InChI is InChI=1S/C23H20FN3O2/c1-14-11-20(15(2)29-14)23(28)26-12-16-3-5-18(6-4-16)22-25-13-21(27-22)17-7-9-19(24)10-8-17/h3-11,13H,12H2,1-2H3,(H,25,27)(H,26,28). The van der Waals surface area contributed by atoms with E-state index in [4.69, 9.17) is 4.42 Å². The van der Waals surface area contributed by atoms with Gasteiger partial charge in [0.05, 0.1) is 17.5 Å². The number of furan rings is 1. The Morgan fingerprint density at radius 1 is 1.07 bits per heavy atom. The second-order valence-electron chi connectivity index (χ2n) is 6.86. The van der Waals surface area contributed by atoms with E-state index in [1.807, 2.05) is 31.2 Å². The van der Waals surface area contributed by atoms with Crippen molar-refractivity contribution in [1.29, 1.82) is 0 Å². The van der Waals surface area contributed by atoms with Crippen molar-refractivity contribution in [3.8, 4) is 22.6 Å². The van der Waals surface area contributed by atoms with Crippen LogP contribution in [-0.4, -0.2) is 15.9 Å². The first-order valence-corrected chi connectivity index (χ1v) is 9.25. The van der Waals surface area contributed by atoms with Gasteiger partial charge in [-0.1, -0.05) is 24.3 Å². The molecule has 0 saturated heterocycles. The topological polar surface area (TPSA) is 70.9 Å². The van der Waals surface area contributed by atoms with Gasteiger partial charge in [0.25, 0.3) is 5.91 Å². The Labute approximate surface area is 167 Å². The number of amides is 1. The lowest BCUT2D eigenvalue weighted by Gasteiger charge is -2.05. The van der Waals surface area contributed by atoms with Crippen LogP contribution in [0.1, 0.15) is 27.4 Å². The molecule has 5 nitrogen and oxygen atoms in total. The second-order valence-corrected chi connectivity index (χ2v) is 6.86. The van der Waals surface area contributed by atoms with Crippen LogP contribution < -0.4 is 5.32 Å². The van der Waals surface area contributed by atoms with Crippen LogP contribution in [0.5, 0.6) is 0 Å². The lowest BCUT2D eigenvalue weighted by Crippen LogP contribution is -2.22. The van der Waals surface area contributed by atoms with Crippen molar-refractivity contribution >= 4 is 5.91 Å². The number of hydrogen-bond acceptors (Lipinski definition) is 3. The molecule has 0 bridgehead atoms. The highest BCUT2D eigenvalue weighted by atomic mass is 19.1. The fourth-order valence-corrected chi connectivity index (χ4v) is 3.16. The van der Waals surface area contributed by atoms with Crippen LogP contribution in [0.4, 0.5) is 4.39 Å². The summed E-state index contributed by atoms with van der Waals surface area (Å²) in [5.41, 5.74) is 4.15. The van der Waals surface area contributed by atoms with Crippen molar-refractivity contribution in [3.63, 3.8) is 0 Å². The molecule has 29 heavy (non-hydrogen) atoms. The van der Waals surface area contributed by atoms with Crippen LogP contribution in [0.15, 0.2) is 65.2 Å². The number of benzene rings is 2. The monoisotopic (exact) mass is 389 g/mol. The number of aryl methyl sites for hydroxylation is 2. The van der Waals surface area contributed by atoms with Crippen LogP contribution in [0, 0.1) is 19.7 Å². The van der Waals surface area contributed by atoms with Gasteiger partial charge in [0.15, 0.2) is 0 Å². The summed E-state index contributed by atoms with van der Waals surface area (Å²) in [6.07, 6.45) is 1.73. The zero-order valence-corrected chi connectivity index (χ0v) is 16.1. The number of imidazole rings is 1. The van der Waals surface area contributed by atoms with Gasteiger partial charge >= 0.3 is 0 Å². The van der Waals surface area contributed by atoms with Gasteiger partial charge in [-0.15, -0.1) is 0 Å². The second kappa shape index (κ2) is 7.75. The summed E-state index contributed by atoms with van der Waals surface area (Å²) in [5.74, 6) is 1.64. The van der Waals surface area contributed by atoms with Gasteiger partial charge in [-0.3, -0.25) is 4.79 Å². The van der Waals surface area contributed by atoms with E-state index in [9.17, 15) is 9.18 Å². The third-order valence-corrected chi connectivity index (χ3v) is 4.70. The van der Waals surface area contributed by atoms with Crippen molar-refractivity contribution in [2.45, 2.75) is 20.4 Å². The number of hydrogen-bond donors (Lipinski definition) is 2. The summed E-state index contributed by atoms with van der Waals surface area (Å²) in [6, 6.07) is 15.8. The Kier molecular flexibility index (Phi) is 4.99. The maximum absolute atomic E-state index is 13.1. The smallest absolute Gasteiger partial charge is 0.255 e. The molecular weight excluding hydrogens is 369 g/mol. The van der Waals surface area contributed by atoms with E-state index in [0.29, 0.717) is 17.9 Å². The highest BCUT2D eigenvalue weighted by Crippen LogP contribution is 2.23. The highest BCUT2D eigenvalue weighted by Gasteiger charge is 2.13. The fourth-order valence-electron chi connectivity index (χ4n) is 3.16. The maximum Gasteiger partial charge on any atom is 0.255 e. The summed E-state index contributed by atoms with van der Waals surface area (Å²) in [4.78, 5) is 20.0. The van der Waals surface area contributed by atoms with E-state index >= 15 is 0 Å². The molecule has 2 N–H and O–H groups in total. The van der Waals surface area contributed by atoms with Crippen LogP contribution >= 0.6 is 0 Å². The average Bonchev–Trinajstić information content (AvgIpc) is 3.34. The van der Waals surface area contributed by atoms with E-state index in [1.54, 1.807) is 31.3 Å². The van der Waals surface area contributed by atoms with Crippen LogP contribution in [-0.2, 0) is 6.54 Å². The Balaban J connectivity index is 1.42. The van der Waals surface area contributed by atoms with Gasteiger partial charge in [-0.2, -0.15) is 0 Å². The first-order valence-electron chi connectivity index (χ1n) is 9.25. The van der Waals surface area contributed by atoms with Crippen molar-refractivity contribution in [1.82, 2.24) is 15.3 Å². The Morgan fingerprint density at radius 3 is 2.41 bits per heavy atom. The van der Waals surface area contributed by atoms with Gasteiger partial charge in [-0.05, 0) is 55.3 Å². The van der Waals surface area contributed by atoms with Crippen LogP contribution in [0.25, 0.3) is 22.6 Å². The van der Waals surface area contributed by atoms with E-state index in [1.165, 1.54) is 12.1 Å². The molecule has 4 rings (SSSR count). The number of aromatic nitrogens is 2. The summed E-state index contributed by atoms with van der Waals surface area (Å²) in [7, 11) is 0. The van der Waals surface area contributed by atoms with Crippen molar-refractivity contribution in [3.05, 3.63) is 89.3 Å². The first-order chi connectivity index (χ1) is 14.0. The molecule has 2 aromatic heterocycles. The molecule has 0 saturated carbocycles. The summed E-state index contributed by atoms with van der Waals surface area (Å²) in [5, 5.41) is 2.91. The number of halogens is 1. The van der Waals surface area contributed by atoms with Crippen LogP contribution in [0.3, 0.4) is 0 Å². The Morgan fingerprint density at radius 2 is 1.76 bits per heavy atom. The summed E-state index contributed by atoms with van der Waals surface area (Å²) >= 11 is 0. The molecule has 146 valence electrons. The quantitative estimate of drug-likeness (QED) is 0.503. The highest BCUT2D eigenvalue weighted by molar-refractivity contribution is 5.95. The minimum Gasteiger partial charge on any atom is -0.466 e. The summed E-state index contributed by atoms with van der Waals surface area (Å²) in [6.45, 7) is 4.01. The Hall–Kier alpha value is -3.67. The number of H-pyrrole nitrogens is 1. The summed E-state index contributed by atoms with van der Waals surface area (Å²) < 4.78 is 18.5. The first kappa shape index (κ1) is 18.7. The lowest BCUT2D eigenvalue weighted by molar-refractivity contribution is 0.0949. The minimum atomic E-state index is -0.269. The van der Waals surface area contributed by atoms with Crippen molar-refractivity contribution in [2.24, 2.45) is 0 Å². The van der Waals surface area contributed by atoms with E-state index < -0.39 is 0 Å². The SMILES string of the molecule is Cc1cc(C(=O)NCc2ccc(-c3ncc(-c4ccc(F)cc4)[nH]3)cc2)c(C)o1. The molecule has 0 aliphatic carbocycles. The zero-order valence-electron chi connectivity index (χ0n) is 16.1. The molecule has 0 aliphatic rings. The molecule has 2 aromatic carbocycles. The number of carbonyl (C=O) groups is 1. The molecule has 4 aromatic rings. The van der Waals surface area contributed by atoms with Gasteiger partial charge in [-0.25, -0.2) is 9.37 Å². The number of nitrogens with one attached hydrogen (secondary N) is 2. The normalized spacial score (nSPS) is 10.9. The molecule has 2 heterocycles. The molecule has 0 aliphatic heterocycles. The number of nitrogens with zero attached hydrogens (tertiary/aromatic N) is 1. The van der Waals surface area contributed by atoms with Crippen molar-refractivity contribution < 1.29 is 13.6 Å². The number of rotatable bonds is 5. The van der Waals surface area contributed by atoms with Gasteiger partial charge in [0, 0.05) is 12.1 Å². The van der Waals surface area contributed by atoms with E-state index in [-0.39, 0.29) is 11.7 Å². The largest absolute Gasteiger partial charge is 0.466 e. The number of aromatic amines is 1. The number of carbonyl (C=O) groups excluding carboxylic acids is 1. The van der Waals surface area contributed by atoms with Gasteiger partial charge in [0.2, 0.25) is 0 Å². The zero-order chi connectivity index (χ0) is 20.4. The van der Waals surface area contributed by atoms with Gasteiger partial charge < -0.3 is 14.7 Å². The molecule has 0 unspecified atom stereocenters. The van der Waals surface area contributed by atoms with E-state index in [2.05, 4.69) is 15.3 Å². The third-order valence-electron chi connectivity index (χ3n) is 4.70. The lowest BCUT2D eigenvalue weighted by atomic mass is 10.1. The van der Waals surface area contributed by atoms with Crippen molar-refractivity contribution in [2.75, 3.05) is 0 Å². The molecule has 0 atom stereocenters. The molecule has 6 heteroatoms. The fraction of sp³-hybridized carbons (Fsp3) is 0.130. The minimum absolute atomic E-state index is 0.154. The van der Waals surface area contributed by atoms with Crippen LogP contribution in [0.2, 0.25) is 0 Å². The molecule has 0 fully saturated rings. The third kappa shape index (κ3) is 4.11. The maximum atomic E-state index is 13.1. The average molecular weight is 389 g/mol. The molecule has 1 amide bonds. The molecule has 0 spiro atoms. The Bertz CT molecular complexity index is 1140. The predicted octanol–water partition coefficient (Wildman–Crippen LogP) is 5.02. The van der Waals surface area contributed by atoms with E-state index in [0.717, 1.165) is 34.0 Å².